The molecule has 0 aromatic heterocycles. The molecule has 1 saturated carbocycles. The van der Waals surface area contributed by atoms with Crippen molar-refractivity contribution >= 4 is 11.4 Å². The van der Waals surface area contributed by atoms with Crippen molar-refractivity contribution in [3.05, 3.63) is 28.3 Å². The van der Waals surface area contributed by atoms with Crippen LogP contribution < -0.4 is 10.1 Å². The van der Waals surface area contributed by atoms with Gasteiger partial charge in [0.15, 0.2) is 0 Å². The molecule has 1 fully saturated rings. The number of hydrogen-bond acceptors (Lipinski definition) is 4. The maximum absolute atomic E-state index is 10.9. The second-order valence-electron chi connectivity index (χ2n) is 4.98. The van der Waals surface area contributed by atoms with Gasteiger partial charge in [0.05, 0.1) is 17.6 Å². The zero-order chi connectivity index (χ0) is 13.7. The number of non-ortho nitro benzene ring substituents is 1. The van der Waals surface area contributed by atoms with E-state index in [1.165, 1.54) is 18.9 Å². The van der Waals surface area contributed by atoms with Crippen LogP contribution in [0.5, 0.6) is 5.75 Å². The van der Waals surface area contributed by atoms with Gasteiger partial charge in [-0.1, -0.05) is 19.8 Å². The van der Waals surface area contributed by atoms with Gasteiger partial charge in [0.2, 0.25) is 0 Å². The number of rotatable bonds is 8. The zero-order valence-corrected chi connectivity index (χ0v) is 11.2. The molecule has 1 N–H and O–H groups in total. The number of ether oxygens (including phenoxy) is 1. The molecule has 0 heterocycles. The number of benzene rings is 1. The van der Waals surface area contributed by atoms with Crippen LogP contribution in [0.15, 0.2) is 18.2 Å². The maximum atomic E-state index is 10.9. The molecule has 0 atom stereocenters. The van der Waals surface area contributed by atoms with Crippen LogP contribution in [0.1, 0.15) is 32.6 Å². The molecular formula is C14H20N2O3. The largest absolute Gasteiger partial charge is 0.493 e. The fourth-order valence-corrected chi connectivity index (χ4v) is 1.89. The first-order valence-corrected chi connectivity index (χ1v) is 6.85. The van der Waals surface area contributed by atoms with E-state index in [-0.39, 0.29) is 10.6 Å². The molecule has 1 aliphatic carbocycles. The summed E-state index contributed by atoms with van der Waals surface area (Å²) < 4.78 is 5.62. The lowest BCUT2D eigenvalue weighted by Gasteiger charge is -2.09. The second kappa shape index (κ2) is 6.41. The molecule has 1 aliphatic rings. The lowest BCUT2D eigenvalue weighted by Crippen LogP contribution is -2.03. The quantitative estimate of drug-likeness (QED) is 0.575. The minimum absolute atomic E-state index is 0.0718. The van der Waals surface area contributed by atoms with Crippen molar-refractivity contribution in [3.63, 3.8) is 0 Å². The summed E-state index contributed by atoms with van der Waals surface area (Å²) in [5.41, 5.74) is 0.819. The van der Waals surface area contributed by atoms with E-state index < -0.39 is 0 Å². The van der Waals surface area contributed by atoms with E-state index in [4.69, 9.17) is 4.74 Å². The summed E-state index contributed by atoms with van der Waals surface area (Å²) in [6.07, 6.45) is 4.60. The van der Waals surface area contributed by atoms with E-state index in [0.29, 0.717) is 12.4 Å². The molecule has 0 radical (unpaired) electrons. The topological polar surface area (TPSA) is 64.4 Å². The van der Waals surface area contributed by atoms with Gasteiger partial charge in [-0.25, -0.2) is 0 Å². The third-order valence-corrected chi connectivity index (χ3v) is 3.17. The van der Waals surface area contributed by atoms with Crippen molar-refractivity contribution in [2.24, 2.45) is 5.92 Å². The highest BCUT2D eigenvalue weighted by Gasteiger charge is 2.21. The van der Waals surface area contributed by atoms with E-state index in [9.17, 15) is 10.1 Å². The minimum Gasteiger partial charge on any atom is -0.493 e. The SMILES string of the molecule is CCCNc1cc(OCCC2CC2)cc([N+](=O)[O-])c1. The van der Waals surface area contributed by atoms with E-state index >= 15 is 0 Å². The summed E-state index contributed by atoms with van der Waals surface area (Å²) in [6, 6.07) is 4.86. The molecule has 0 spiro atoms. The Morgan fingerprint density at radius 1 is 1.42 bits per heavy atom. The van der Waals surface area contributed by atoms with Gasteiger partial charge in [-0.2, -0.15) is 0 Å². The normalized spacial score (nSPS) is 14.2. The predicted octanol–water partition coefficient (Wildman–Crippen LogP) is 3.60. The van der Waals surface area contributed by atoms with Crippen molar-refractivity contribution in [3.8, 4) is 5.75 Å². The van der Waals surface area contributed by atoms with Crippen LogP contribution in [0, 0.1) is 16.0 Å². The van der Waals surface area contributed by atoms with E-state index in [2.05, 4.69) is 12.2 Å². The average Bonchev–Trinajstić information content (AvgIpc) is 3.20. The average molecular weight is 264 g/mol. The molecule has 5 heteroatoms. The van der Waals surface area contributed by atoms with Crippen molar-refractivity contribution in [1.82, 2.24) is 0 Å². The molecule has 1 aromatic carbocycles. The lowest BCUT2D eigenvalue weighted by molar-refractivity contribution is -0.384. The first-order valence-electron chi connectivity index (χ1n) is 6.85. The highest BCUT2D eigenvalue weighted by atomic mass is 16.6. The molecule has 0 amide bonds. The molecule has 0 bridgehead atoms. The van der Waals surface area contributed by atoms with Gasteiger partial charge < -0.3 is 10.1 Å². The number of hydrogen-bond donors (Lipinski definition) is 1. The molecule has 1 aromatic rings. The third kappa shape index (κ3) is 4.43. The summed E-state index contributed by atoms with van der Waals surface area (Å²) in [6.45, 7) is 3.49. The minimum atomic E-state index is -0.384. The van der Waals surface area contributed by atoms with E-state index in [1.807, 2.05) is 6.07 Å². The Morgan fingerprint density at radius 3 is 2.84 bits per heavy atom. The molecule has 0 unspecified atom stereocenters. The fraction of sp³-hybridized carbons (Fsp3) is 0.571. The molecule has 104 valence electrons. The van der Waals surface area contributed by atoms with Crippen molar-refractivity contribution in [2.45, 2.75) is 32.6 Å². The third-order valence-electron chi connectivity index (χ3n) is 3.17. The molecule has 5 nitrogen and oxygen atoms in total. The summed E-state index contributed by atoms with van der Waals surface area (Å²) in [7, 11) is 0. The Labute approximate surface area is 113 Å². The molecular weight excluding hydrogens is 244 g/mol. The number of nitrogens with one attached hydrogen (secondary N) is 1. The molecule has 2 rings (SSSR count). The number of nitro benzene ring substituents is 1. The Morgan fingerprint density at radius 2 is 2.21 bits per heavy atom. The first-order chi connectivity index (χ1) is 9.19. The standard InChI is InChI=1S/C14H20N2O3/c1-2-6-15-12-8-13(16(17)18)10-14(9-12)19-7-5-11-3-4-11/h8-11,15H,2-7H2,1H3. The van der Waals surface area contributed by atoms with Gasteiger partial charge in [-0.05, 0) is 18.8 Å². The molecule has 0 aliphatic heterocycles. The van der Waals surface area contributed by atoms with Crippen LogP contribution in [0.2, 0.25) is 0 Å². The fourth-order valence-electron chi connectivity index (χ4n) is 1.89. The summed E-state index contributed by atoms with van der Waals surface area (Å²) in [4.78, 5) is 10.5. The summed E-state index contributed by atoms with van der Waals surface area (Å²) >= 11 is 0. The van der Waals surface area contributed by atoms with Crippen LogP contribution >= 0.6 is 0 Å². The van der Waals surface area contributed by atoms with E-state index in [0.717, 1.165) is 31.0 Å². The Kier molecular flexibility index (Phi) is 4.60. The number of nitro groups is 1. The Bertz CT molecular complexity index is 444. The smallest absolute Gasteiger partial charge is 0.275 e. The van der Waals surface area contributed by atoms with Gasteiger partial charge in [0.25, 0.3) is 5.69 Å². The molecule has 19 heavy (non-hydrogen) atoms. The second-order valence-corrected chi connectivity index (χ2v) is 4.98. The van der Waals surface area contributed by atoms with Gasteiger partial charge in [-0.3, -0.25) is 10.1 Å². The number of anilines is 1. The number of nitrogens with zero attached hydrogens (tertiary/aromatic N) is 1. The van der Waals surface area contributed by atoms with Crippen LogP contribution in [0.4, 0.5) is 11.4 Å². The van der Waals surface area contributed by atoms with Gasteiger partial charge in [0.1, 0.15) is 5.75 Å². The van der Waals surface area contributed by atoms with Crippen LogP contribution in [0.3, 0.4) is 0 Å². The molecule has 0 saturated heterocycles. The van der Waals surface area contributed by atoms with E-state index in [1.54, 1.807) is 6.07 Å². The van der Waals surface area contributed by atoms with Crippen molar-refractivity contribution < 1.29 is 9.66 Å². The van der Waals surface area contributed by atoms with Crippen molar-refractivity contribution in [1.29, 1.82) is 0 Å². The lowest BCUT2D eigenvalue weighted by atomic mass is 10.2. The van der Waals surface area contributed by atoms with Gasteiger partial charge >= 0.3 is 0 Å². The summed E-state index contributed by atoms with van der Waals surface area (Å²) in [5.74, 6) is 1.38. The Balaban J connectivity index is 2.01. The zero-order valence-electron chi connectivity index (χ0n) is 11.2. The van der Waals surface area contributed by atoms with Gasteiger partial charge in [0, 0.05) is 24.4 Å². The van der Waals surface area contributed by atoms with Crippen LogP contribution in [0.25, 0.3) is 0 Å². The Hall–Kier alpha value is -1.78. The first kappa shape index (κ1) is 13.6. The van der Waals surface area contributed by atoms with Crippen LogP contribution in [-0.2, 0) is 0 Å². The van der Waals surface area contributed by atoms with Crippen LogP contribution in [-0.4, -0.2) is 18.1 Å². The highest BCUT2D eigenvalue weighted by Crippen LogP contribution is 2.33. The van der Waals surface area contributed by atoms with Crippen molar-refractivity contribution in [2.75, 3.05) is 18.5 Å². The van der Waals surface area contributed by atoms with Gasteiger partial charge in [-0.15, -0.1) is 0 Å². The predicted molar refractivity (Wildman–Crippen MR) is 74.7 cm³/mol. The maximum Gasteiger partial charge on any atom is 0.275 e. The summed E-state index contributed by atoms with van der Waals surface area (Å²) in [5, 5.41) is 14.1. The highest BCUT2D eigenvalue weighted by molar-refractivity contribution is 5.56. The monoisotopic (exact) mass is 264 g/mol.